The van der Waals surface area contributed by atoms with Crippen LogP contribution in [0.4, 0.5) is 5.13 Å². The first-order valence-corrected chi connectivity index (χ1v) is 5.92. The predicted molar refractivity (Wildman–Crippen MR) is 57.3 cm³/mol. The molecule has 72 valence electrons. The molecule has 2 nitrogen and oxygen atoms in total. The van der Waals surface area contributed by atoms with E-state index in [0.717, 1.165) is 5.92 Å². The molecule has 1 aliphatic heterocycles. The lowest BCUT2D eigenvalue weighted by Gasteiger charge is -2.31. The van der Waals surface area contributed by atoms with E-state index in [4.69, 9.17) is 0 Å². The van der Waals surface area contributed by atoms with Gasteiger partial charge in [-0.2, -0.15) is 0 Å². The number of aromatic nitrogens is 1. The van der Waals surface area contributed by atoms with Gasteiger partial charge in [-0.15, -0.1) is 11.3 Å². The van der Waals surface area contributed by atoms with Crippen LogP contribution in [0.3, 0.4) is 0 Å². The van der Waals surface area contributed by atoms with Crippen LogP contribution in [-0.4, -0.2) is 18.1 Å². The van der Waals surface area contributed by atoms with E-state index in [9.17, 15) is 0 Å². The molecule has 2 heterocycles. The first-order valence-electron chi connectivity index (χ1n) is 5.04. The lowest BCUT2D eigenvalue weighted by atomic mass is 9.96. The SMILES string of the molecule is CCC1CCCN(c2nccs2)C1. The van der Waals surface area contributed by atoms with Crippen LogP contribution in [0.25, 0.3) is 0 Å². The zero-order valence-electron chi connectivity index (χ0n) is 8.07. The molecule has 1 saturated heterocycles. The van der Waals surface area contributed by atoms with Crippen molar-refractivity contribution in [2.75, 3.05) is 18.0 Å². The van der Waals surface area contributed by atoms with E-state index in [2.05, 4.69) is 22.2 Å². The molecule has 2 rings (SSSR count). The quantitative estimate of drug-likeness (QED) is 0.723. The number of rotatable bonds is 2. The molecule has 0 N–H and O–H groups in total. The highest BCUT2D eigenvalue weighted by Crippen LogP contribution is 2.25. The molecule has 1 aliphatic rings. The highest BCUT2D eigenvalue weighted by molar-refractivity contribution is 7.13. The lowest BCUT2D eigenvalue weighted by molar-refractivity contribution is 0.404. The lowest BCUT2D eigenvalue weighted by Crippen LogP contribution is -2.34. The second-order valence-corrected chi connectivity index (χ2v) is 4.55. The van der Waals surface area contributed by atoms with Gasteiger partial charge in [-0.1, -0.05) is 13.3 Å². The molecule has 1 atom stereocenters. The van der Waals surface area contributed by atoms with Gasteiger partial charge < -0.3 is 4.90 Å². The highest BCUT2D eigenvalue weighted by Gasteiger charge is 2.19. The van der Waals surface area contributed by atoms with Gasteiger partial charge in [-0.05, 0) is 18.8 Å². The summed E-state index contributed by atoms with van der Waals surface area (Å²) in [6.45, 7) is 4.70. The molecule has 0 aromatic carbocycles. The smallest absolute Gasteiger partial charge is 0.185 e. The molecule has 1 aromatic rings. The molecule has 0 saturated carbocycles. The Balaban J connectivity index is 2.00. The van der Waals surface area contributed by atoms with Crippen molar-refractivity contribution in [3.63, 3.8) is 0 Å². The third-order valence-electron chi connectivity index (χ3n) is 2.79. The molecule has 13 heavy (non-hydrogen) atoms. The van der Waals surface area contributed by atoms with Crippen molar-refractivity contribution < 1.29 is 0 Å². The van der Waals surface area contributed by atoms with E-state index in [0.29, 0.717) is 0 Å². The minimum Gasteiger partial charge on any atom is -0.348 e. The van der Waals surface area contributed by atoms with Crippen LogP contribution in [-0.2, 0) is 0 Å². The van der Waals surface area contributed by atoms with E-state index in [1.165, 1.54) is 37.5 Å². The maximum atomic E-state index is 4.35. The van der Waals surface area contributed by atoms with Crippen molar-refractivity contribution in [3.05, 3.63) is 11.6 Å². The fourth-order valence-electron chi connectivity index (χ4n) is 1.94. The number of anilines is 1. The van der Waals surface area contributed by atoms with Gasteiger partial charge in [0.2, 0.25) is 0 Å². The third-order valence-corrected chi connectivity index (χ3v) is 3.62. The van der Waals surface area contributed by atoms with E-state index in [-0.39, 0.29) is 0 Å². The summed E-state index contributed by atoms with van der Waals surface area (Å²) in [7, 11) is 0. The summed E-state index contributed by atoms with van der Waals surface area (Å²) in [5.41, 5.74) is 0. The van der Waals surface area contributed by atoms with Crippen molar-refractivity contribution >= 4 is 16.5 Å². The standard InChI is InChI=1S/C10H16N2S/c1-2-9-4-3-6-12(8-9)10-11-5-7-13-10/h5,7,9H,2-4,6,8H2,1H3. The van der Waals surface area contributed by atoms with Crippen molar-refractivity contribution in [1.29, 1.82) is 0 Å². The zero-order valence-corrected chi connectivity index (χ0v) is 8.89. The Morgan fingerprint density at radius 1 is 1.69 bits per heavy atom. The molecule has 0 spiro atoms. The molecule has 1 fully saturated rings. The maximum Gasteiger partial charge on any atom is 0.185 e. The molecule has 0 amide bonds. The Bertz CT molecular complexity index is 245. The Kier molecular flexibility index (Phi) is 2.83. The molecule has 0 aliphatic carbocycles. The van der Waals surface area contributed by atoms with Crippen molar-refractivity contribution in [2.24, 2.45) is 5.92 Å². The van der Waals surface area contributed by atoms with Crippen LogP contribution in [0, 0.1) is 5.92 Å². The highest BCUT2D eigenvalue weighted by atomic mass is 32.1. The third kappa shape index (κ3) is 2.02. The van der Waals surface area contributed by atoms with Crippen LogP contribution in [0.15, 0.2) is 11.6 Å². The first kappa shape index (κ1) is 9.00. The van der Waals surface area contributed by atoms with E-state index in [1.54, 1.807) is 11.3 Å². The van der Waals surface area contributed by atoms with Gasteiger partial charge in [0.25, 0.3) is 0 Å². The Morgan fingerprint density at radius 2 is 2.62 bits per heavy atom. The first-order chi connectivity index (χ1) is 6.40. The summed E-state index contributed by atoms with van der Waals surface area (Å²) in [4.78, 5) is 6.79. The summed E-state index contributed by atoms with van der Waals surface area (Å²) in [5.74, 6) is 0.887. The van der Waals surface area contributed by atoms with Gasteiger partial charge in [-0.3, -0.25) is 0 Å². The summed E-state index contributed by atoms with van der Waals surface area (Å²) in [5, 5.41) is 3.27. The fourth-order valence-corrected chi connectivity index (χ4v) is 2.62. The van der Waals surface area contributed by atoms with Crippen LogP contribution in [0.1, 0.15) is 26.2 Å². The minimum atomic E-state index is 0.887. The summed E-state index contributed by atoms with van der Waals surface area (Å²) in [6.07, 6.45) is 5.94. The fraction of sp³-hybridized carbons (Fsp3) is 0.700. The molecular formula is C10H16N2S. The molecule has 3 heteroatoms. The van der Waals surface area contributed by atoms with Gasteiger partial charge in [0.15, 0.2) is 5.13 Å². The van der Waals surface area contributed by atoms with E-state index >= 15 is 0 Å². The topological polar surface area (TPSA) is 16.1 Å². The van der Waals surface area contributed by atoms with Crippen LogP contribution >= 0.6 is 11.3 Å². The van der Waals surface area contributed by atoms with Crippen LogP contribution in [0.5, 0.6) is 0 Å². The van der Waals surface area contributed by atoms with Crippen molar-refractivity contribution in [3.8, 4) is 0 Å². The second-order valence-electron chi connectivity index (χ2n) is 3.68. The van der Waals surface area contributed by atoms with Crippen molar-refractivity contribution in [2.45, 2.75) is 26.2 Å². The number of thiazole rings is 1. The number of hydrogen-bond acceptors (Lipinski definition) is 3. The number of piperidine rings is 1. The van der Waals surface area contributed by atoms with Gasteiger partial charge >= 0.3 is 0 Å². The van der Waals surface area contributed by atoms with Crippen LogP contribution in [0.2, 0.25) is 0 Å². The largest absolute Gasteiger partial charge is 0.348 e. The summed E-state index contributed by atoms with van der Waals surface area (Å²) >= 11 is 1.76. The number of nitrogens with zero attached hydrogens (tertiary/aromatic N) is 2. The molecular weight excluding hydrogens is 180 g/mol. The summed E-state index contributed by atoms with van der Waals surface area (Å²) in [6, 6.07) is 0. The second kappa shape index (κ2) is 4.09. The Hall–Kier alpha value is -0.570. The zero-order chi connectivity index (χ0) is 9.10. The Labute approximate surface area is 83.6 Å². The van der Waals surface area contributed by atoms with Gasteiger partial charge in [-0.25, -0.2) is 4.98 Å². The monoisotopic (exact) mass is 196 g/mol. The van der Waals surface area contributed by atoms with Gasteiger partial charge in [0.05, 0.1) is 0 Å². The van der Waals surface area contributed by atoms with Crippen molar-refractivity contribution in [1.82, 2.24) is 4.98 Å². The van der Waals surface area contributed by atoms with E-state index < -0.39 is 0 Å². The Morgan fingerprint density at radius 3 is 3.31 bits per heavy atom. The molecule has 0 bridgehead atoms. The average Bonchev–Trinajstić information content (AvgIpc) is 2.71. The summed E-state index contributed by atoms with van der Waals surface area (Å²) < 4.78 is 0. The minimum absolute atomic E-state index is 0.887. The van der Waals surface area contributed by atoms with Gasteiger partial charge in [0, 0.05) is 24.7 Å². The maximum absolute atomic E-state index is 4.35. The molecule has 0 radical (unpaired) electrons. The van der Waals surface area contributed by atoms with E-state index in [1.807, 2.05) is 6.20 Å². The molecule has 1 unspecified atom stereocenters. The van der Waals surface area contributed by atoms with Gasteiger partial charge in [0.1, 0.15) is 0 Å². The molecule has 1 aromatic heterocycles. The average molecular weight is 196 g/mol. The van der Waals surface area contributed by atoms with Crippen LogP contribution < -0.4 is 4.90 Å². The normalized spacial score (nSPS) is 23.5. The number of hydrogen-bond donors (Lipinski definition) is 0. The predicted octanol–water partition coefficient (Wildman–Crippen LogP) is 2.77.